The van der Waals surface area contributed by atoms with E-state index in [4.69, 9.17) is 0 Å². The molecule has 2 heterocycles. The molecule has 0 unspecified atom stereocenters. The molecular formula is C27H26N4O2. The normalized spacial score (nSPS) is 14.3. The van der Waals surface area contributed by atoms with Crippen molar-refractivity contribution in [3.63, 3.8) is 0 Å². The van der Waals surface area contributed by atoms with Crippen LogP contribution in [0.2, 0.25) is 0 Å². The molecule has 0 aliphatic carbocycles. The Morgan fingerprint density at radius 1 is 0.970 bits per heavy atom. The third-order valence-electron chi connectivity index (χ3n) is 6.43. The van der Waals surface area contributed by atoms with Gasteiger partial charge in [-0.3, -0.25) is 14.7 Å². The minimum atomic E-state index is -0.559. The van der Waals surface area contributed by atoms with E-state index < -0.39 is 5.54 Å². The van der Waals surface area contributed by atoms with Gasteiger partial charge in [0, 0.05) is 5.56 Å². The topological polar surface area (TPSA) is 78.1 Å². The summed E-state index contributed by atoms with van der Waals surface area (Å²) in [5.41, 5.74) is 3.06. The van der Waals surface area contributed by atoms with Gasteiger partial charge in [-0.2, -0.15) is 5.10 Å². The maximum Gasteiger partial charge on any atom is 0.229 e. The molecule has 1 aliphatic rings. The summed E-state index contributed by atoms with van der Waals surface area (Å²) in [6, 6.07) is 23.8. The monoisotopic (exact) mass is 438 g/mol. The zero-order valence-corrected chi connectivity index (χ0v) is 18.8. The Labute approximate surface area is 192 Å². The molecule has 166 valence electrons. The summed E-state index contributed by atoms with van der Waals surface area (Å²) >= 11 is 0. The maximum atomic E-state index is 13.1. The van der Waals surface area contributed by atoms with Gasteiger partial charge in [-0.05, 0) is 35.7 Å². The largest absolute Gasteiger partial charge is 0.327 e. The molecule has 33 heavy (non-hydrogen) atoms. The molecule has 5 rings (SSSR count). The van der Waals surface area contributed by atoms with Crippen molar-refractivity contribution in [1.29, 1.82) is 0 Å². The van der Waals surface area contributed by atoms with Gasteiger partial charge in [0.05, 0.1) is 30.6 Å². The number of rotatable bonds is 5. The van der Waals surface area contributed by atoms with Gasteiger partial charge in [0.25, 0.3) is 0 Å². The highest BCUT2D eigenvalue weighted by Crippen LogP contribution is 2.40. The maximum absolute atomic E-state index is 13.1. The van der Waals surface area contributed by atoms with Crippen LogP contribution in [0.25, 0.3) is 10.8 Å². The van der Waals surface area contributed by atoms with Crippen molar-refractivity contribution in [1.82, 2.24) is 15.1 Å². The molecule has 0 saturated carbocycles. The second-order valence-corrected chi connectivity index (χ2v) is 8.99. The van der Waals surface area contributed by atoms with Crippen molar-refractivity contribution in [3.05, 3.63) is 95.2 Å². The van der Waals surface area contributed by atoms with E-state index in [2.05, 4.69) is 15.5 Å². The molecule has 0 saturated heterocycles. The van der Waals surface area contributed by atoms with Gasteiger partial charge >= 0.3 is 0 Å². The fourth-order valence-electron chi connectivity index (χ4n) is 4.68. The lowest BCUT2D eigenvalue weighted by atomic mass is 10.00. The van der Waals surface area contributed by atoms with Crippen molar-refractivity contribution in [2.75, 3.05) is 5.32 Å². The Hall–Kier alpha value is -3.93. The van der Waals surface area contributed by atoms with Crippen LogP contribution in [-0.4, -0.2) is 26.9 Å². The van der Waals surface area contributed by atoms with E-state index >= 15 is 0 Å². The van der Waals surface area contributed by atoms with Gasteiger partial charge in [-0.15, -0.1) is 0 Å². The standard InChI is InChI=1S/C27H26N4O2/c1-27(2)25-22(17-31(27)24(33)15-18-9-4-3-5-10-18)26(30-29-25)28-23(32)16-20-13-8-12-19-11-6-7-14-21(19)20/h3-14H,15-17H2,1-2H3,(H2,28,29,30,32). The number of hydrogen-bond donors (Lipinski definition) is 2. The smallest absolute Gasteiger partial charge is 0.229 e. The van der Waals surface area contributed by atoms with Crippen LogP contribution in [0.3, 0.4) is 0 Å². The molecule has 2 amide bonds. The van der Waals surface area contributed by atoms with E-state index in [9.17, 15) is 9.59 Å². The van der Waals surface area contributed by atoms with Gasteiger partial charge in [-0.25, -0.2) is 0 Å². The van der Waals surface area contributed by atoms with E-state index in [1.165, 1.54) is 0 Å². The number of H-pyrrole nitrogens is 1. The van der Waals surface area contributed by atoms with Crippen LogP contribution in [0, 0.1) is 0 Å². The molecule has 1 aromatic heterocycles. The van der Waals surface area contributed by atoms with Crippen LogP contribution < -0.4 is 5.32 Å². The number of anilines is 1. The van der Waals surface area contributed by atoms with E-state index in [0.29, 0.717) is 18.8 Å². The molecule has 0 fully saturated rings. The predicted octanol–water partition coefficient (Wildman–Crippen LogP) is 4.56. The highest BCUT2D eigenvalue weighted by Gasteiger charge is 2.44. The van der Waals surface area contributed by atoms with Crippen LogP contribution in [-0.2, 0) is 34.5 Å². The van der Waals surface area contributed by atoms with Gasteiger partial charge in [-0.1, -0.05) is 72.8 Å². The average Bonchev–Trinajstić information content (AvgIpc) is 3.32. The third-order valence-corrected chi connectivity index (χ3v) is 6.43. The van der Waals surface area contributed by atoms with Crippen LogP contribution in [0.4, 0.5) is 5.82 Å². The van der Waals surface area contributed by atoms with Crippen LogP contribution in [0.5, 0.6) is 0 Å². The molecule has 3 aromatic carbocycles. The Bertz CT molecular complexity index is 1340. The fraction of sp³-hybridized carbons (Fsp3) is 0.222. The number of nitrogens with zero attached hydrogens (tertiary/aromatic N) is 2. The first-order valence-electron chi connectivity index (χ1n) is 11.1. The summed E-state index contributed by atoms with van der Waals surface area (Å²) in [6.07, 6.45) is 0.593. The highest BCUT2D eigenvalue weighted by molar-refractivity contribution is 5.96. The number of amides is 2. The second-order valence-electron chi connectivity index (χ2n) is 8.99. The summed E-state index contributed by atoms with van der Waals surface area (Å²) in [5.74, 6) is 0.486. The van der Waals surface area contributed by atoms with Gasteiger partial charge in [0.2, 0.25) is 11.8 Å². The number of benzene rings is 3. The van der Waals surface area contributed by atoms with Crippen molar-refractivity contribution in [3.8, 4) is 0 Å². The van der Waals surface area contributed by atoms with E-state index in [0.717, 1.165) is 33.2 Å². The molecule has 0 bridgehead atoms. The molecule has 0 spiro atoms. The summed E-state index contributed by atoms with van der Waals surface area (Å²) in [4.78, 5) is 27.8. The SMILES string of the molecule is CC1(C)c2n[nH]c(NC(=O)Cc3cccc4ccccc34)c2CN1C(=O)Cc1ccccc1. The first kappa shape index (κ1) is 20.9. The van der Waals surface area contributed by atoms with Crippen LogP contribution in [0.1, 0.15) is 36.2 Å². The number of aromatic nitrogens is 2. The van der Waals surface area contributed by atoms with E-state index in [1.54, 1.807) is 0 Å². The Morgan fingerprint density at radius 3 is 2.52 bits per heavy atom. The van der Waals surface area contributed by atoms with Crippen molar-refractivity contribution < 1.29 is 9.59 Å². The van der Waals surface area contributed by atoms with Crippen LogP contribution in [0.15, 0.2) is 72.8 Å². The molecule has 6 nitrogen and oxygen atoms in total. The number of aromatic amines is 1. The second kappa shape index (κ2) is 8.20. The molecule has 0 atom stereocenters. The Kier molecular flexibility index (Phi) is 5.21. The zero-order chi connectivity index (χ0) is 23.0. The lowest BCUT2D eigenvalue weighted by molar-refractivity contribution is -0.135. The number of nitrogens with one attached hydrogen (secondary N) is 2. The van der Waals surface area contributed by atoms with Gasteiger partial charge in [0.1, 0.15) is 5.82 Å². The number of fused-ring (bicyclic) bond motifs is 2. The average molecular weight is 439 g/mol. The van der Waals surface area contributed by atoms with Crippen LogP contribution >= 0.6 is 0 Å². The summed E-state index contributed by atoms with van der Waals surface area (Å²) in [7, 11) is 0. The van der Waals surface area contributed by atoms with Crippen molar-refractivity contribution in [2.45, 2.75) is 38.8 Å². The van der Waals surface area contributed by atoms with E-state index in [-0.39, 0.29) is 18.2 Å². The molecule has 4 aromatic rings. The number of carbonyl (C=O) groups is 2. The number of hydrogen-bond acceptors (Lipinski definition) is 3. The fourth-order valence-corrected chi connectivity index (χ4v) is 4.68. The summed E-state index contributed by atoms with van der Waals surface area (Å²) < 4.78 is 0. The molecular weight excluding hydrogens is 412 g/mol. The zero-order valence-electron chi connectivity index (χ0n) is 18.8. The summed E-state index contributed by atoms with van der Waals surface area (Å²) in [6.45, 7) is 4.39. The molecule has 2 N–H and O–H groups in total. The first-order valence-corrected chi connectivity index (χ1v) is 11.1. The lowest BCUT2D eigenvalue weighted by Gasteiger charge is -2.31. The third kappa shape index (κ3) is 3.89. The lowest BCUT2D eigenvalue weighted by Crippen LogP contribution is -2.41. The van der Waals surface area contributed by atoms with Crippen molar-refractivity contribution in [2.24, 2.45) is 0 Å². The van der Waals surface area contributed by atoms with Gasteiger partial charge < -0.3 is 10.2 Å². The Balaban J connectivity index is 1.33. The first-order chi connectivity index (χ1) is 15.9. The number of carbonyl (C=O) groups excluding carboxylic acids is 2. The molecule has 6 heteroatoms. The summed E-state index contributed by atoms with van der Waals surface area (Å²) in [5, 5.41) is 12.6. The Morgan fingerprint density at radius 2 is 1.70 bits per heavy atom. The minimum Gasteiger partial charge on any atom is -0.327 e. The molecule has 1 aliphatic heterocycles. The van der Waals surface area contributed by atoms with E-state index in [1.807, 2.05) is 91.5 Å². The minimum absolute atomic E-state index is 0.0391. The van der Waals surface area contributed by atoms with Gasteiger partial charge in [0.15, 0.2) is 0 Å². The predicted molar refractivity (Wildman–Crippen MR) is 129 cm³/mol. The van der Waals surface area contributed by atoms with Crippen molar-refractivity contribution >= 4 is 28.4 Å². The highest BCUT2D eigenvalue weighted by atomic mass is 16.2. The molecule has 0 radical (unpaired) electrons. The quantitative estimate of drug-likeness (QED) is 0.479.